The second kappa shape index (κ2) is 8.38. The highest BCUT2D eigenvalue weighted by Crippen LogP contribution is 2.37. The lowest BCUT2D eigenvalue weighted by Gasteiger charge is -2.14. The van der Waals surface area contributed by atoms with Gasteiger partial charge in [-0.25, -0.2) is 4.98 Å². The number of fused-ring (bicyclic) bond motifs is 1. The minimum Gasteiger partial charge on any atom is -0.378 e. The summed E-state index contributed by atoms with van der Waals surface area (Å²) in [6.45, 7) is 4.60. The van der Waals surface area contributed by atoms with E-state index >= 15 is 0 Å². The third-order valence-electron chi connectivity index (χ3n) is 5.42. The Kier molecular flexibility index (Phi) is 5.68. The molecule has 0 unspecified atom stereocenters. The standard InChI is InChI=1S/C26H28N2S/c1-18(2)24-20(11-10-19-8-6-5-7-9-19)14-17-23-25(24)29-26(27-23)21-12-15-22(16-13-21)28(3)4/h5-9,12-18H,10-11H2,1-4H3. The number of rotatable bonds is 6. The van der Waals surface area contributed by atoms with Crippen molar-refractivity contribution in [3.8, 4) is 10.6 Å². The molecule has 0 aliphatic rings. The van der Waals surface area contributed by atoms with Gasteiger partial charge in [0.1, 0.15) is 5.01 Å². The van der Waals surface area contributed by atoms with Crippen LogP contribution >= 0.6 is 11.3 Å². The van der Waals surface area contributed by atoms with E-state index in [4.69, 9.17) is 4.98 Å². The van der Waals surface area contributed by atoms with E-state index in [1.807, 2.05) is 11.3 Å². The summed E-state index contributed by atoms with van der Waals surface area (Å²) >= 11 is 1.83. The molecule has 2 nitrogen and oxygen atoms in total. The van der Waals surface area contributed by atoms with Crippen LogP contribution in [0.25, 0.3) is 20.8 Å². The first-order valence-corrected chi connectivity index (χ1v) is 11.1. The molecular formula is C26H28N2S. The van der Waals surface area contributed by atoms with Crippen LogP contribution in [0.1, 0.15) is 36.5 Å². The molecule has 0 saturated carbocycles. The molecular weight excluding hydrogens is 372 g/mol. The Morgan fingerprint density at radius 2 is 1.59 bits per heavy atom. The number of hydrogen-bond donors (Lipinski definition) is 0. The van der Waals surface area contributed by atoms with Crippen LogP contribution in [-0.2, 0) is 12.8 Å². The summed E-state index contributed by atoms with van der Waals surface area (Å²) in [5.41, 5.74) is 7.84. The molecule has 0 radical (unpaired) electrons. The normalized spacial score (nSPS) is 11.3. The van der Waals surface area contributed by atoms with Crippen molar-refractivity contribution in [3.05, 3.63) is 83.4 Å². The summed E-state index contributed by atoms with van der Waals surface area (Å²) in [7, 11) is 4.14. The van der Waals surface area contributed by atoms with Crippen LogP contribution in [0.4, 0.5) is 5.69 Å². The molecule has 0 atom stereocenters. The third-order valence-corrected chi connectivity index (χ3v) is 6.57. The molecule has 0 amide bonds. The van der Waals surface area contributed by atoms with Gasteiger partial charge in [-0.1, -0.05) is 50.2 Å². The van der Waals surface area contributed by atoms with E-state index in [1.54, 1.807) is 0 Å². The van der Waals surface area contributed by atoms with Gasteiger partial charge in [-0.15, -0.1) is 11.3 Å². The van der Waals surface area contributed by atoms with Gasteiger partial charge in [0, 0.05) is 25.3 Å². The zero-order valence-corrected chi connectivity index (χ0v) is 18.5. The smallest absolute Gasteiger partial charge is 0.124 e. The molecule has 1 heterocycles. The van der Waals surface area contributed by atoms with E-state index in [1.165, 1.54) is 32.6 Å². The predicted octanol–water partition coefficient (Wildman–Crippen LogP) is 6.94. The fraction of sp³-hybridized carbons (Fsp3) is 0.269. The fourth-order valence-corrected chi connectivity index (χ4v) is 5.14. The monoisotopic (exact) mass is 400 g/mol. The first-order chi connectivity index (χ1) is 14.0. The minimum atomic E-state index is 0.480. The Morgan fingerprint density at radius 1 is 0.862 bits per heavy atom. The van der Waals surface area contributed by atoms with Crippen molar-refractivity contribution in [1.29, 1.82) is 0 Å². The van der Waals surface area contributed by atoms with Gasteiger partial charge in [0.05, 0.1) is 10.2 Å². The molecule has 0 N–H and O–H groups in total. The van der Waals surface area contributed by atoms with Crippen LogP contribution in [0.15, 0.2) is 66.7 Å². The summed E-state index contributed by atoms with van der Waals surface area (Å²) in [6.07, 6.45) is 2.14. The molecule has 4 aromatic rings. The Morgan fingerprint density at radius 3 is 2.24 bits per heavy atom. The van der Waals surface area contributed by atoms with Crippen LogP contribution in [0.2, 0.25) is 0 Å². The van der Waals surface area contributed by atoms with Gasteiger partial charge in [-0.05, 0) is 65.8 Å². The highest BCUT2D eigenvalue weighted by Gasteiger charge is 2.16. The van der Waals surface area contributed by atoms with Crippen molar-refractivity contribution in [1.82, 2.24) is 4.98 Å². The second-order valence-electron chi connectivity index (χ2n) is 8.09. The van der Waals surface area contributed by atoms with Gasteiger partial charge in [0.25, 0.3) is 0 Å². The van der Waals surface area contributed by atoms with Gasteiger partial charge in [-0.3, -0.25) is 0 Å². The summed E-state index contributed by atoms with van der Waals surface area (Å²) in [5.74, 6) is 0.480. The minimum absolute atomic E-state index is 0.480. The second-order valence-corrected chi connectivity index (χ2v) is 9.09. The first-order valence-electron chi connectivity index (χ1n) is 10.3. The lowest BCUT2D eigenvalue weighted by atomic mass is 9.93. The van der Waals surface area contributed by atoms with Crippen LogP contribution in [-0.4, -0.2) is 19.1 Å². The molecule has 148 valence electrons. The Bertz CT molecular complexity index is 1090. The van der Waals surface area contributed by atoms with Gasteiger partial charge >= 0.3 is 0 Å². The van der Waals surface area contributed by atoms with Gasteiger partial charge in [0.2, 0.25) is 0 Å². The number of hydrogen-bond acceptors (Lipinski definition) is 3. The maximum absolute atomic E-state index is 4.96. The van der Waals surface area contributed by atoms with Crippen molar-refractivity contribution in [2.45, 2.75) is 32.6 Å². The summed E-state index contributed by atoms with van der Waals surface area (Å²) < 4.78 is 1.34. The average Bonchev–Trinajstić information content (AvgIpc) is 3.16. The number of benzene rings is 3. The number of thiazole rings is 1. The van der Waals surface area contributed by atoms with E-state index in [2.05, 4.69) is 99.6 Å². The van der Waals surface area contributed by atoms with Crippen LogP contribution in [0.3, 0.4) is 0 Å². The number of nitrogens with zero attached hydrogens (tertiary/aromatic N) is 2. The molecule has 0 spiro atoms. The lowest BCUT2D eigenvalue weighted by molar-refractivity contribution is 0.839. The zero-order valence-electron chi connectivity index (χ0n) is 17.6. The number of aromatic nitrogens is 1. The predicted molar refractivity (Wildman–Crippen MR) is 127 cm³/mol. The lowest BCUT2D eigenvalue weighted by Crippen LogP contribution is -2.07. The van der Waals surface area contributed by atoms with Gasteiger partial charge < -0.3 is 4.90 Å². The molecule has 0 aliphatic carbocycles. The molecule has 4 rings (SSSR count). The molecule has 0 fully saturated rings. The highest BCUT2D eigenvalue weighted by molar-refractivity contribution is 7.21. The van der Waals surface area contributed by atoms with Crippen LogP contribution in [0, 0.1) is 0 Å². The van der Waals surface area contributed by atoms with E-state index in [0.29, 0.717) is 5.92 Å². The maximum atomic E-state index is 4.96. The quantitative estimate of drug-likeness (QED) is 0.348. The largest absolute Gasteiger partial charge is 0.378 e. The summed E-state index contributed by atoms with van der Waals surface area (Å²) in [5, 5.41) is 1.10. The number of aryl methyl sites for hydroxylation is 2. The first kappa shape index (κ1) is 19.7. The molecule has 0 saturated heterocycles. The fourth-order valence-electron chi connectivity index (χ4n) is 3.85. The highest BCUT2D eigenvalue weighted by atomic mass is 32.1. The number of anilines is 1. The maximum Gasteiger partial charge on any atom is 0.124 e. The molecule has 3 heteroatoms. The summed E-state index contributed by atoms with van der Waals surface area (Å²) in [6, 6.07) is 23.9. The van der Waals surface area contributed by atoms with Crippen LogP contribution in [0.5, 0.6) is 0 Å². The van der Waals surface area contributed by atoms with Crippen molar-refractivity contribution >= 4 is 27.2 Å². The van der Waals surface area contributed by atoms with E-state index < -0.39 is 0 Å². The van der Waals surface area contributed by atoms with Gasteiger partial charge in [0.15, 0.2) is 0 Å². The van der Waals surface area contributed by atoms with E-state index in [-0.39, 0.29) is 0 Å². The molecule has 1 aromatic heterocycles. The zero-order chi connectivity index (χ0) is 20.4. The molecule has 0 aliphatic heterocycles. The summed E-state index contributed by atoms with van der Waals surface area (Å²) in [4.78, 5) is 7.09. The van der Waals surface area contributed by atoms with Gasteiger partial charge in [-0.2, -0.15) is 0 Å². The van der Waals surface area contributed by atoms with Crippen molar-refractivity contribution in [3.63, 3.8) is 0 Å². The third kappa shape index (κ3) is 4.20. The van der Waals surface area contributed by atoms with Crippen LogP contribution < -0.4 is 4.90 Å². The Hall–Kier alpha value is -2.65. The Balaban J connectivity index is 1.69. The Labute approximate surface area is 177 Å². The van der Waals surface area contributed by atoms with Crippen molar-refractivity contribution in [2.24, 2.45) is 0 Å². The SMILES string of the molecule is CC(C)c1c(CCc2ccccc2)ccc2nc(-c3ccc(N(C)C)cc3)sc12. The molecule has 3 aromatic carbocycles. The van der Waals surface area contributed by atoms with Crippen molar-refractivity contribution < 1.29 is 0 Å². The molecule has 29 heavy (non-hydrogen) atoms. The van der Waals surface area contributed by atoms with Crippen molar-refractivity contribution in [2.75, 3.05) is 19.0 Å². The molecule has 0 bridgehead atoms. The topological polar surface area (TPSA) is 16.1 Å². The van der Waals surface area contributed by atoms with E-state index in [9.17, 15) is 0 Å². The van der Waals surface area contributed by atoms with E-state index in [0.717, 1.165) is 23.4 Å². The average molecular weight is 401 g/mol.